The van der Waals surface area contributed by atoms with E-state index in [-0.39, 0.29) is 0 Å². The van der Waals surface area contributed by atoms with Crippen LogP contribution in [0.1, 0.15) is 46.5 Å². The molecule has 1 aliphatic carbocycles. The molecule has 0 amide bonds. The van der Waals surface area contributed by atoms with Crippen molar-refractivity contribution in [3.8, 4) is 0 Å². The van der Waals surface area contributed by atoms with Crippen molar-refractivity contribution >= 4 is 0 Å². The van der Waals surface area contributed by atoms with Crippen molar-refractivity contribution in [3.63, 3.8) is 0 Å². The fourth-order valence-corrected chi connectivity index (χ4v) is 1.67. The van der Waals surface area contributed by atoms with E-state index < -0.39 is 0 Å². The van der Waals surface area contributed by atoms with Gasteiger partial charge in [0.1, 0.15) is 0 Å². The summed E-state index contributed by atoms with van der Waals surface area (Å²) in [6.07, 6.45) is 5.17. The molecular formula is C10H22N2. The first kappa shape index (κ1) is 10.0. The molecule has 1 aliphatic rings. The van der Waals surface area contributed by atoms with Crippen LogP contribution in [0, 0.1) is 11.3 Å². The molecule has 0 saturated heterocycles. The number of hydrogen-bond donors (Lipinski definition) is 2. The van der Waals surface area contributed by atoms with Crippen LogP contribution in [0.5, 0.6) is 0 Å². The Morgan fingerprint density at radius 2 is 2.08 bits per heavy atom. The molecule has 0 aromatic heterocycles. The number of hydrogen-bond acceptors (Lipinski definition) is 2. The topological polar surface area (TPSA) is 38.0 Å². The van der Waals surface area contributed by atoms with Crippen LogP contribution in [0.25, 0.3) is 0 Å². The van der Waals surface area contributed by atoms with E-state index in [1.807, 2.05) is 0 Å². The predicted octanol–water partition coefficient (Wildman–Crippen LogP) is 2.05. The zero-order valence-corrected chi connectivity index (χ0v) is 8.56. The number of rotatable bonds is 5. The van der Waals surface area contributed by atoms with Gasteiger partial charge in [0, 0.05) is 6.04 Å². The first-order valence-electron chi connectivity index (χ1n) is 5.08. The highest BCUT2D eigenvalue weighted by Crippen LogP contribution is 2.49. The Morgan fingerprint density at radius 3 is 2.42 bits per heavy atom. The standard InChI is InChI=1S/C10H22N2/c1-4-8(2)7-9(12-11)10(3)5-6-10/h8-9,12H,4-7,11H2,1-3H3. The lowest BCUT2D eigenvalue weighted by atomic mass is 9.89. The van der Waals surface area contributed by atoms with Crippen LogP contribution in [-0.2, 0) is 0 Å². The third-order valence-electron chi connectivity index (χ3n) is 3.42. The first-order chi connectivity index (χ1) is 5.62. The van der Waals surface area contributed by atoms with E-state index in [4.69, 9.17) is 5.84 Å². The minimum atomic E-state index is 0.512. The Balaban J connectivity index is 2.35. The largest absolute Gasteiger partial charge is 0.271 e. The van der Waals surface area contributed by atoms with Gasteiger partial charge in [-0.25, -0.2) is 0 Å². The summed E-state index contributed by atoms with van der Waals surface area (Å²) in [5.41, 5.74) is 3.48. The van der Waals surface area contributed by atoms with Crippen LogP contribution in [0.3, 0.4) is 0 Å². The molecule has 0 aliphatic heterocycles. The van der Waals surface area contributed by atoms with Crippen LogP contribution in [0.2, 0.25) is 0 Å². The maximum absolute atomic E-state index is 5.55. The van der Waals surface area contributed by atoms with Gasteiger partial charge in [0.05, 0.1) is 0 Å². The quantitative estimate of drug-likeness (QED) is 0.489. The summed E-state index contributed by atoms with van der Waals surface area (Å²) in [5, 5.41) is 0. The van der Waals surface area contributed by atoms with E-state index in [1.165, 1.54) is 25.7 Å². The summed E-state index contributed by atoms with van der Waals surface area (Å²) in [5.74, 6) is 6.35. The van der Waals surface area contributed by atoms with E-state index in [1.54, 1.807) is 0 Å². The maximum Gasteiger partial charge on any atom is 0.0266 e. The van der Waals surface area contributed by atoms with Crippen molar-refractivity contribution in [1.29, 1.82) is 0 Å². The van der Waals surface area contributed by atoms with Crippen LogP contribution in [0.4, 0.5) is 0 Å². The summed E-state index contributed by atoms with van der Waals surface area (Å²) < 4.78 is 0. The fourth-order valence-electron chi connectivity index (χ4n) is 1.67. The summed E-state index contributed by atoms with van der Waals surface area (Å²) in [6, 6.07) is 0.535. The number of hydrazine groups is 1. The molecule has 72 valence electrons. The molecule has 2 nitrogen and oxygen atoms in total. The maximum atomic E-state index is 5.55. The van der Waals surface area contributed by atoms with Crippen LogP contribution >= 0.6 is 0 Å². The van der Waals surface area contributed by atoms with E-state index in [0.717, 1.165) is 5.92 Å². The number of nitrogens with two attached hydrogens (primary N) is 1. The molecule has 2 heteroatoms. The minimum absolute atomic E-state index is 0.512. The smallest absolute Gasteiger partial charge is 0.0266 e. The van der Waals surface area contributed by atoms with Crippen LogP contribution in [0.15, 0.2) is 0 Å². The Morgan fingerprint density at radius 1 is 1.50 bits per heavy atom. The molecule has 1 rings (SSSR count). The lowest BCUT2D eigenvalue weighted by molar-refractivity contribution is 0.297. The normalized spacial score (nSPS) is 25.0. The molecule has 0 aromatic carbocycles. The fraction of sp³-hybridized carbons (Fsp3) is 1.00. The number of nitrogens with one attached hydrogen (secondary N) is 1. The van der Waals surface area contributed by atoms with E-state index >= 15 is 0 Å². The van der Waals surface area contributed by atoms with Crippen molar-refractivity contribution in [1.82, 2.24) is 5.43 Å². The predicted molar refractivity (Wildman–Crippen MR) is 52.5 cm³/mol. The molecule has 1 fully saturated rings. The average Bonchev–Trinajstić information content (AvgIpc) is 2.79. The molecular weight excluding hydrogens is 148 g/mol. The third kappa shape index (κ3) is 2.20. The molecule has 3 N–H and O–H groups in total. The summed E-state index contributed by atoms with van der Waals surface area (Å²) in [4.78, 5) is 0. The highest BCUT2D eigenvalue weighted by atomic mass is 15.2. The molecule has 0 aromatic rings. The highest BCUT2D eigenvalue weighted by molar-refractivity contribution is 4.98. The molecule has 0 bridgehead atoms. The molecule has 0 heterocycles. The Labute approximate surface area is 75.9 Å². The van der Waals surface area contributed by atoms with Crippen LogP contribution in [-0.4, -0.2) is 6.04 Å². The minimum Gasteiger partial charge on any atom is -0.271 e. The van der Waals surface area contributed by atoms with Gasteiger partial charge in [-0.05, 0) is 30.6 Å². The second-order valence-corrected chi connectivity index (χ2v) is 4.62. The van der Waals surface area contributed by atoms with Crippen molar-refractivity contribution in [2.75, 3.05) is 0 Å². The SMILES string of the molecule is CCC(C)CC(NN)C1(C)CC1. The summed E-state index contributed by atoms with van der Waals surface area (Å²) in [7, 11) is 0. The monoisotopic (exact) mass is 170 g/mol. The molecule has 0 spiro atoms. The Kier molecular flexibility index (Phi) is 3.13. The van der Waals surface area contributed by atoms with Crippen molar-refractivity contribution < 1.29 is 0 Å². The van der Waals surface area contributed by atoms with Gasteiger partial charge in [0.15, 0.2) is 0 Å². The van der Waals surface area contributed by atoms with E-state index in [2.05, 4.69) is 26.2 Å². The van der Waals surface area contributed by atoms with Gasteiger partial charge in [-0.1, -0.05) is 27.2 Å². The van der Waals surface area contributed by atoms with Gasteiger partial charge in [-0.2, -0.15) is 0 Å². The van der Waals surface area contributed by atoms with E-state index in [0.29, 0.717) is 11.5 Å². The second-order valence-electron chi connectivity index (χ2n) is 4.62. The Bertz CT molecular complexity index is 141. The molecule has 0 radical (unpaired) electrons. The molecule has 2 atom stereocenters. The summed E-state index contributed by atoms with van der Waals surface area (Å²) in [6.45, 7) is 6.88. The summed E-state index contributed by atoms with van der Waals surface area (Å²) >= 11 is 0. The Hall–Kier alpha value is -0.0800. The van der Waals surface area contributed by atoms with Gasteiger partial charge < -0.3 is 0 Å². The lowest BCUT2D eigenvalue weighted by Gasteiger charge is -2.25. The third-order valence-corrected chi connectivity index (χ3v) is 3.42. The molecule has 12 heavy (non-hydrogen) atoms. The molecule has 2 unspecified atom stereocenters. The average molecular weight is 170 g/mol. The van der Waals surface area contributed by atoms with Gasteiger partial charge in [0.2, 0.25) is 0 Å². The van der Waals surface area contributed by atoms with Crippen LogP contribution < -0.4 is 11.3 Å². The zero-order chi connectivity index (χ0) is 9.19. The zero-order valence-electron chi connectivity index (χ0n) is 8.56. The van der Waals surface area contributed by atoms with Crippen molar-refractivity contribution in [3.05, 3.63) is 0 Å². The van der Waals surface area contributed by atoms with E-state index in [9.17, 15) is 0 Å². The highest BCUT2D eigenvalue weighted by Gasteiger charge is 2.44. The lowest BCUT2D eigenvalue weighted by Crippen LogP contribution is -2.42. The second kappa shape index (κ2) is 3.75. The van der Waals surface area contributed by atoms with Gasteiger partial charge in [-0.15, -0.1) is 0 Å². The van der Waals surface area contributed by atoms with Crippen molar-refractivity contribution in [2.24, 2.45) is 17.2 Å². The van der Waals surface area contributed by atoms with Gasteiger partial charge >= 0.3 is 0 Å². The van der Waals surface area contributed by atoms with Gasteiger partial charge in [-0.3, -0.25) is 11.3 Å². The van der Waals surface area contributed by atoms with Gasteiger partial charge in [0.25, 0.3) is 0 Å². The first-order valence-corrected chi connectivity index (χ1v) is 5.08. The molecule has 1 saturated carbocycles. The van der Waals surface area contributed by atoms with Crippen molar-refractivity contribution in [2.45, 2.75) is 52.5 Å².